The van der Waals surface area contributed by atoms with Crippen LogP contribution in [0.4, 0.5) is 0 Å². The smallest absolute Gasteiger partial charge is 0.246 e. The van der Waals surface area contributed by atoms with E-state index >= 15 is 0 Å². The first-order valence-corrected chi connectivity index (χ1v) is 7.97. The number of hydrogen-bond donors (Lipinski definition) is 0. The Morgan fingerprint density at radius 3 is 2.70 bits per heavy atom. The van der Waals surface area contributed by atoms with Crippen molar-refractivity contribution in [2.24, 2.45) is 0 Å². The summed E-state index contributed by atoms with van der Waals surface area (Å²) in [6.45, 7) is 1.60. The Bertz CT molecular complexity index is 520. The van der Waals surface area contributed by atoms with Crippen LogP contribution in [0.15, 0.2) is 28.5 Å². The van der Waals surface area contributed by atoms with Crippen molar-refractivity contribution in [3.63, 3.8) is 0 Å². The van der Waals surface area contributed by atoms with Crippen LogP contribution in [0.25, 0.3) is 0 Å². The number of amides is 1. The minimum absolute atomic E-state index is 0.168. The normalized spacial score (nSPS) is 22.4. The van der Waals surface area contributed by atoms with Crippen LogP contribution < -0.4 is 0 Å². The van der Waals surface area contributed by atoms with Crippen LogP contribution in [-0.2, 0) is 4.79 Å². The number of nitrogens with zero attached hydrogens (tertiary/aromatic N) is 3. The molecule has 5 heteroatoms. The highest BCUT2D eigenvalue weighted by atomic mass is 79.9. The molecule has 0 bridgehead atoms. The van der Waals surface area contributed by atoms with Crippen molar-refractivity contribution in [2.45, 2.75) is 38.0 Å². The van der Waals surface area contributed by atoms with Gasteiger partial charge in [-0.25, -0.2) is 9.97 Å². The van der Waals surface area contributed by atoms with E-state index in [2.05, 4.69) is 25.9 Å². The molecule has 0 spiro atoms. The van der Waals surface area contributed by atoms with Gasteiger partial charge in [0.15, 0.2) is 0 Å². The van der Waals surface area contributed by atoms with Crippen LogP contribution >= 0.6 is 15.9 Å². The quantitative estimate of drug-likeness (QED) is 0.780. The van der Waals surface area contributed by atoms with E-state index in [9.17, 15) is 4.79 Å². The highest BCUT2D eigenvalue weighted by Crippen LogP contribution is 2.27. The summed E-state index contributed by atoms with van der Waals surface area (Å²) in [6, 6.07) is 0. The largest absolute Gasteiger partial charge is 0.338 e. The first-order valence-electron chi connectivity index (χ1n) is 7.18. The van der Waals surface area contributed by atoms with Gasteiger partial charge in [-0.2, -0.15) is 0 Å². The van der Waals surface area contributed by atoms with Gasteiger partial charge in [-0.05, 0) is 48.0 Å². The Labute approximate surface area is 127 Å². The van der Waals surface area contributed by atoms with Gasteiger partial charge in [-0.15, -0.1) is 0 Å². The Kier molecular flexibility index (Phi) is 4.15. The average Bonchev–Trinajstić information content (AvgIpc) is 2.43. The lowest BCUT2D eigenvalue weighted by Crippen LogP contribution is -2.38. The van der Waals surface area contributed by atoms with Crippen LogP contribution in [0.1, 0.15) is 43.8 Å². The predicted molar refractivity (Wildman–Crippen MR) is 80.2 cm³/mol. The Hall–Kier alpha value is -1.23. The summed E-state index contributed by atoms with van der Waals surface area (Å²) in [5, 5.41) is 0. The van der Waals surface area contributed by atoms with Gasteiger partial charge >= 0.3 is 0 Å². The number of carbonyl (C=O) groups excluding carboxylic acids is 1. The number of piperidine rings is 1. The van der Waals surface area contributed by atoms with Crippen molar-refractivity contribution in [2.75, 3.05) is 13.1 Å². The van der Waals surface area contributed by atoms with Gasteiger partial charge in [0, 0.05) is 37.5 Å². The van der Waals surface area contributed by atoms with Crippen molar-refractivity contribution < 1.29 is 4.79 Å². The third-order valence-electron chi connectivity index (χ3n) is 4.06. The fourth-order valence-corrected chi connectivity index (χ4v) is 2.92. The molecule has 1 saturated heterocycles. The van der Waals surface area contributed by atoms with Crippen LogP contribution in [0.5, 0.6) is 0 Å². The van der Waals surface area contributed by atoms with Crippen molar-refractivity contribution in [3.05, 3.63) is 34.3 Å². The number of rotatable bonds is 2. The molecule has 1 saturated carbocycles. The second kappa shape index (κ2) is 6.04. The maximum atomic E-state index is 12.2. The van der Waals surface area contributed by atoms with Gasteiger partial charge in [0.2, 0.25) is 5.91 Å². The molecular formula is C15H18BrN3O. The second-order valence-electron chi connectivity index (χ2n) is 5.54. The maximum absolute atomic E-state index is 12.2. The standard InChI is InChI=1S/C15H18BrN3O/c16-13-8-17-15(18-9-13)12-5-2-6-19(10-12)14(20)7-11-3-1-4-11/h7-9,12H,1-6,10H2. The van der Waals surface area contributed by atoms with Gasteiger partial charge in [0.25, 0.3) is 0 Å². The van der Waals surface area contributed by atoms with E-state index in [-0.39, 0.29) is 11.8 Å². The molecule has 106 valence electrons. The summed E-state index contributed by atoms with van der Waals surface area (Å²) in [4.78, 5) is 22.9. The van der Waals surface area contributed by atoms with Crippen molar-refractivity contribution in [1.82, 2.24) is 14.9 Å². The number of halogens is 1. The first kappa shape index (κ1) is 13.7. The van der Waals surface area contributed by atoms with Gasteiger partial charge < -0.3 is 4.90 Å². The molecule has 0 aromatic carbocycles. The molecule has 20 heavy (non-hydrogen) atoms. The lowest BCUT2D eigenvalue weighted by Gasteiger charge is -2.32. The molecule has 2 heterocycles. The number of hydrogen-bond acceptors (Lipinski definition) is 3. The molecule has 1 atom stereocenters. The summed E-state index contributed by atoms with van der Waals surface area (Å²) in [6.07, 6.45) is 10.9. The molecule has 1 amide bonds. The fraction of sp³-hybridized carbons (Fsp3) is 0.533. The van der Waals surface area contributed by atoms with E-state index < -0.39 is 0 Å². The molecule has 4 nitrogen and oxygen atoms in total. The Morgan fingerprint density at radius 1 is 1.30 bits per heavy atom. The molecule has 1 aliphatic heterocycles. The number of likely N-dealkylation sites (tertiary alicyclic amines) is 1. The third kappa shape index (κ3) is 3.08. The predicted octanol–water partition coefficient (Wildman–Crippen LogP) is 3.06. The van der Waals surface area contributed by atoms with Crippen molar-refractivity contribution in [3.8, 4) is 0 Å². The zero-order valence-corrected chi connectivity index (χ0v) is 13.0. The average molecular weight is 336 g/mol. The van der Waals surface area contributed by atoms with Crippen LogP contribution in [-0.4, -0.2) is 33.9 Å². The highest BCUT2D eigenvalue weighted by molar-refractivity contribution is 9.10. The molecule has 2 fully saturated rings. The number of carbonyl (C=O) groups is 1. The monoisotopic (exact) mass is 335 g/mol. The van der Waals surface area contributed by atoms with E-state index in [0.29, 0.717) is 0 Å². The molecule has 1 unspecified atom stereocenters. The topological polar surface area (TPSA) is 46.1 Å². The second-order valence-corrected chi connectivity index (χ2v) is 6.45. The third-order valence-corrected chi connectivity index (χ3v) is 4.47. The highest BCUT2D eigenvalue weighted by Gasteiger charge is 2.26. The molecule has 0 radical (unpaired) electrons. The lowest BCUT2D eigenvalue weighted by molar-refractivity contribution is -0.127. The fourth-order valence-electron chi connectivity index (χ4n) is 2.71. The molecule has 1 aromatic heterocycles. The first-order chi connectivity index (χ1) is 9.72. The minimum atomic E-state index is 0.168. The maximum Gasteiger partial charge on any atom is 0.246 e. The van der Waals surface area contributed by atoms with Crippen molar-refractivity contribution in [1.29, 1.82) is 0 Å². The van der Waals surface area contributed by atoms with E-state index in [1.807, 2.05) is 11.0 Å². The summed E-state index contributed by atoms with van der Waals surface area (Å²) in [5.74, 6) is 1.28. The molecule has 3 rings (SSSR count). The van der Waals surface area contributed by atoms with Gasteiger partial charge in [-0.1, -0.05) is 5.57 Å². The molecule has 1 aromatic rings. The van der Waals surface area contributed by atoms with E-state index in [0.717, 1.165) is 49.1 Å². The van der Waals surface area contributed by atoms with Crippen molar-refractivity contribution >= 4 is 21.8 Å². The SMILES string of the molecule is O=C(C=C1CCC1)N1CCCC(c2ncc(Br)cn2)C1. The van der Waals surface area contributed by atoms with E-state index in [1.54, 1.807) is 12.4 Å². The van der Waals surface area contributed by atoms with Crippen LogP contribution in [0, 0.1) is 0 Å². The number of aromatic nitrogens is 2. The Morgan fingerprint density at radius 2 is 2.05 bits per heavy atom. The zero-order chi connectivity index (χ0) is 13.9. The van der Waals surface area contributed by atoms with E-state index in [1.165, 1.54) is 12.0 Å². The molecule has 1 aliphatic carbocycles. The Balaban J connectivity index is 1.66. The summed E-state index contributed by atoms with van der Waals surface area (Å²) < 4.78 is 0.889. The minimum Gasteiger partial charge on any atom is -0.338 e. The summed E-state index contributed by atoms with van der Waals surface area (Å²) >= 11 is 3.35. The van der Waals surface area contributed by atoms with Crippen LogP contribution in [0.2, 0.25) is 0 Å². The molecular weight excluding hydrogens is 318 g/mol. The van der Waals surface area contributed by atoms with Gasteiger partial charge in [-0.3, -0.25) is 4.79 Å². The number of allylic oxidation sites excluding steroid dienone is 1. The van der Waals surface area contributed by atoms with Gasteiger partial charge in [0.05, 0.1) is 4.47 Å². The zero-order valence-electron chi connectivity index (χ0n) is 11.4. The lowest BCUT2D eigenvalue weighted by atomic mass is 9.91. The summed E-state index contributed by atoms with van der Waals surface area (Å²) in [5.41, 5.74) is 1.30. The van der Waals surface area contributed by atoms with Crippen LogP contribution in [0.3, 0.4) is 0 Å². The van der Waals surface area contributed by atoms with Gasteiger partial charge in [0.1, 0.15) is 5.82 Å². The van der Waals surface area contributed by atoms with E-state index in [4.69, 9.17) is 0 Å². The summed E-state index contributed by atoms with van der Waals surface area (Å²) in [7, 11) is 0. The molecule has 2 aliphatic rings. The molecule has 0 N–H and O–H groups in total.